The number of esters is 1. The Morgan fingerprint density at radius 1 is 1.32 bits per heavy atom. The predicted molar refractivity (Wildman–Crippen MR) is 107 cm³/mol. The molecule has 1 fully saturated rings. The van der Waals surface area contributed by atoms with Gasteiger partial charge in [0, 0.05) is 3.57 Å². The van der Waals surface area contributed by atoms with Crippen LogP contribution in [-0.2, 0) is 14.3 Å². The molecule has 3 rings (SSSR count). The predicted octanol–water partition coefficient (Wildman–Crippen LogP) is 3.89. The van der Waals surface area contributed by atoms with Gasteiger partial charge in [0.2, 0.25) is 5.91 Å². The molecule has 0 aliphatic carbocycles. The molecule has 25 heavy (non-hydrogen) atoms. The van der Waals surface area contributed by atoms with Crippen molar-refractivity contribution < 1.29 is 14.3 Å². The van der Waals surface area contributed by atoms with E-state index in [4.69, 9.17) is 4.74 Å². The number of amidine groups is 1. The van der Waals surface area contributed by atoms with Gasteiger partial charge in [-0.25, -0.2) is 9.79 Å². The molecule has 1 aromatic carbocycles. The summed E-state index contributed by atoms with van der Waals surface area (Å²) in [5, 5.41) is 0.443. The largest absolute Gasteiger partial charge is 0.459 e. The van der Waals surface area contributed by atoms with E-state index in [-0.39, 0.29) is 17.3 Å². The molecule has 0 bridgehead atoms. The van der Waals surface area contributed by atoms with E-state index in [1.807, 2.05) is 45.0 Å². The second-order valence-corrected chi connectivity index (χ2v) is 8.82. The molecule has 0 N–H and O–H groups in total. The van der Waals surface area contributed by atoms with Crippen molar-refractivity contribution in [2.45, 2.75) is 45.1 Å². The van der Waals surface area contributed by atoms with Crippen molar-refractivity contribution in [2.75, 3.05) is 0 Å². The first-order valence-electron chi connectivity index (χ1n) is 8.05. The van der Waals surface area contributed by atoms with Gasteiger partial charge in [-0.3, -0.25) is 9.69 Å². The van der Waals surface area contributed by atoms with Gasteiger partial charge in [0.05, 0.1) is 28.7 Å². The number of rotatable bonds is 3. The van der Waals surface area contributed by atoms with Crippen LogP contribution in [0.25, 0.3) is 0 Å². The molecule has 132 valence electrons. The minimum Gasteiger partial charge on any atom is -0.459 e. The number of allylic oxidation sites excluding steroid dienone is 1. The average Bonchev–Trinajstić information content (AvgIpc) is 2.80. The van der Waals surface area contributed by atoms with Crippen LogP contribution in [0.4, 0.5) is 0 Å². The van der Waals surface area contributed by atoms with Crippen LogP contribution in [0, 0.1) is 3.57 Å². The second kappa shape index (κ2) is 7.11. The Morgan fingerprint density at radius 3 is 2.56 bits per heavy atom. The van der Waals surface area contributed by atoms with Gasteiger partial charge in [-0.05, 0) is 68.0 Å². The van der Waals surface area contributed by atoms with Crippen LogP contribution in [0.2, 0.25) is 0 Å². The van der Waals surface area contributed by atoms with Crippen LogP contribution in [0.3, 0.4) is 0 Å². The molecule has 1 amide bonds. The van der Waals surface area contributed by atoms with E-state index in [0.29, 0.717) is 16.4 Å². The van der Waals surface area contributed by atoms with Crippen molar-refractivity contribution in [1.82, 2.24) is 4.90 Å². The standard InChI is InChI=1S/C18H19IN2O3S/c1-9(2)24-17(23)14-10(3)20-18-21(16(22)11(4)25-18)15(14)12-5-7-13(19)8-6-12/h5-9,11,15H,1-4H3. The van der Waals surface area contributed by atoms with Gasteiger partial charge >= 0.3 is 5.97 Å². The van der Waals surface area contributed by atoms with Crippen LogP contribution in [0.5, 0.6) is 0 Å². The first-order valence-corrected chi connectivity index (χ1v) is 10.0. The molecule has 2 atom stereocenters. The summed E-state index contributed by atoms with van der Waals surface area (Å²) in [6.07, 6.45) is -0.238. The number of ether oxygens (including phenoxy) is 1. The fourth-order valence-electron chi connectivity index (χ4n) is 2.90. The summed E-state index contributed by atoms with van der Waals surface area (Å²) in [6, 6.07) is 7.34. The normalized spacial score (nSPS) is 23.0. The number of aliphatic imine (C=N–C) groups is 1. The third-order valence-corrected chi connectivity index (χ3v) is 5.78. The Bertz CT molecular complexity index is 786. The van der Waals surface area contributed by atoms with Crippen LogP contribution >= 0.6 is 34.4 Å². The van der Waals surface area contributed by atoms with Crippen molar-refractivity contribution >= 4 is 51.4 Å². The van der Waals surface area contributed by atoms with Crippen molar-refractivity contribution in [3.63, 3.8) is 0 Å². The highest BCUT2D eigenvalue weighted by atomic mass is 127. The van der Waals surface area contributed by atoms with Gasteiger partial charge in [-0.1, -0.05) is 23.9 Å². The molecule has 7 heteroatoms. The monoisotopic (exact) mass is 470 g/mol. The lowest BCUT2D eigenvalue weighted by Crippen LogP contribution is -2.40. The van der Waals surface area contributed by atoms with Gasteiger partial charge in [0.25, 0.3) is 0 Å². The Balaban J connectivity index is 2.12. The number of nitrogens with zero attached hydrogens (tertiary/aromatic N) is 2. The fraction of sp³-hybridized carbons (Fsp3) is 0.389. The summed E-state index contributed by atoms with van der Waals surface area (Å²) in [5.41, 5.74) is 1.92. The first-order chi connectivity index (χ1) is 11.8. The van der Waals surface area contributed by atoms with Crippen molar-refractivity contribution in [2.24, 2.45) is 4.99 Å². The van der Waals surface area contributed by atoms with E-state index < -0.39 is 12.0 Å². The third kappa shape index (κ3) is 3.48. The maximum Gasteiger partial charge on any atom is 0.338 e. The van der Waals surface area contributed by atoms with Crippen molar-refractivity contribution in [1.29, 1.82) is 0 Å². The lowest BCUT2D eigenvalue weighted by atomic mass is 9.94. The number of halogens is 1. The lowest BCUT2D eigenvalue weighted by molar-refractivity contribution is -0.143. The van der Waals surface area contributed by atoms with E-state index in [1.54, 1.807) is 11.8 Å². The number of carbonyl (C=O) groups is 2. The smallest absolute Gasteiger partial charge is 0.338 e. The lowest BCUT2D eigenvalue weighted by Gasteiger charge is -2.33. The van der Waals surface area contributed by atoms with Crippen LogP contribution < -0.4 is 0 Å². The number of amides is 1. The molecule has 0 spiro atoms. The zero-order chi connectivity index (χ0) is 18.3. The minimum atomic E-state index is -0.499. The summed E-state index contributed by atoms with van der Waals surface area (Å²) < 4.78 is 6.53. The summed E-state index contributed by atoms with van der Waals surface area (Å²) in [6.45, 7) is 7.28. The second-order valence-electron chi connectivity index (χ2n) is 6.27. The Labute approximate surface area is 165 Å². The molecule has 2 aliphatic heterocycles. The van der Waals surface area contributed by atoms with E-state index in [0.717, 1.165) is 9.13 Å². The number of carbonyl (C=O) groups excluding carboxylic acids is 2. The van der Waals surface area contributed by atoms with Gasteiger partial charge in [-0.2, -0.15) is 0 Å². The summed E-state index contributed by atoms with van der Waals surface area (Å²) in [4.78, 5) is 31.6. The van der Waals surface area contributed by atoms with Gasteiger partial charge < -0.3 is 4.74 Å². The Hall–Kier alpha value is -1.35. The highest BCUT2D eigenvalue weighted by molar-refractivity contribution is 14.1. The minimum absolute atomic E-state index is 0.0327. The van der Waals surface area contributed by atoms with Crippen molar-refractivity contribution in [3.8, 4) is 0 Å². The Morgan fingerprint density at radius 2 is 1.96 bits per heavy atom. The van der Waals surface area contributed by atoms with E-state index in [1.165, 1.54) is 11.8 Å². The summed E-state index contributed by atoms with van der Waals surface area (Å²) in [7, 11) is 0. The van der Waals surface area contributed by atoms with Crippen LogP contribution in [0.15, 0.2) is 40.5 Å². The number of hydrogen-bond acceptors (Lipinski definition) is 5. The number of benzene rings is 1. The molecule has 1 saturated heterocycles. The summed E-state index contributed by atoms with van der Waals surface area (Å²) >= 11 is 3.66. The topological polar surface area (TPSA) is 59.0 Å². The molecule has 2 unspecified atom stereocenters. The highest BCUT2D eigenvalue weighted by Crippen LogP contribution is 2.43. The third-order valence-electron chi connectivity index (χ3n) is 4.01. The molecule has 2 aliphatic rings. The zero-order valence-corrected chi connectivity index (χ0v) is 17.4. The highest BCUT2D eigenvalue weighted by Gasteiger charge is 2.46. The van der Waals surface area contributed by atoms with Crippen LogP contribution in [0.1, 0.15) is 39.3 Å². The molecular formula is C18H19IN2O3S. The van der Waals surface area contributed by atoms with Gasteiger partial charge in [0.1, 0.15) is 0 Å². The number of fused-ring (bicyclic) bond motifs is 1. The first kappa shape index (κ1) is 18.4. The molecule has 0 radical (unpaired) electrons. The molecular weight excluding hydrogens is 451 g/mol. The quantitative estimate of drug-likeness (QED) is 0.497. The fourth-order valence-corrected chi connectivity index (χ4v) is 4.29. The van der Waals surface area contributed by atoms with E-state index in [9.17, 15) is 9.59 Å². The molecule has 1 aromatic rings. The molecule has 0 aromatic heterocycles. The molecule has 0 saturated carbocycles. The van der Waals surface area contributed by atoms with E-state index in [2.05, 4.69) is 27.6 Å². The summed E-state index contributed by atoms with van der Waals surface area (Å²) in [5.74, 6) is -0.453. The SMILES string of the molecule is CC1=C(C(=O)OC(C)C)C(c2ccc(I)cc2)N2C(=O)C(C)SC2=N1. The zero-order valence-electron chi connectivity index (χ0n) is 14.4. The maximum atomic E-state index is 12.8. The average molecular weight is 470 g/mol. The molecule has 2 heterocycles. The van der Waals surface area contributed by atoms with E-state index >= 15 is 0 Å². The molecule has 5 nitrogen and oxygen atoms in total. The van der Waals surface area contributed by atoms with Gasteiger partial charge in [-0.15, -0.1) is 0 Å². The number of hydrogen-bond donors (Lipinski definition) is 0. The Kier molecular flexibility index (Phi) is 5.24. The van der Waals surface area contributed by atoms with Crippen LogP contribution in [-0.4, -0.2) is 33.3 Å². The maximum absolute atomic E-state index is 12.8. The van der Waals surface area contributed by atoms with Gasteiger partial charge in [0.15, 0.2) is 5.17 Å². The number of thioether (sulfide) groups is 1. The van der Waals surface area contributed by atoms with Crippen molar-refractivity contribution in [3.05, 3.63) is 44.7 Å².